The smallest absolute Gasteiger partial charge is 0.164 e. The Kier molecular flexibility index (Phi) is 4.43. The summed E-state index contributed by atoms with van der Waals surface area (Å²) in [4.78, 5) is 0. The van der Waals surface area contributed by atoms with Crippen molar-refractivity contribution in [2.75, 3.05) is 20.2 Å². The molecule has 0 saturated carbocycles. The average molecular weight is 246 g/mol. The van der Waals surface area contributed by atoms with Gasteiger partial charge in [-0.25, -0.2) is 0 Å². The molecule has 0 aliphatic carbocycles. The van der Waals surface area contributed by atoms with E-state index in [0.717, 1.165) is 37.2 Å². The molecule has 0 spiro atoms. The molecule has 2 rings (SSSR count). The topological polar surface area (TPSA) is 54.3 Å². The Balaban J connectivity index is 2.15. The normalized spacial score (nSPS) is 19.0. The minimum atomic E-state index is 0.185. The van der Waals surface area contributed by atoms with Gasteiger partial charge in [0.05, 0.1) is 19.6 Å². The minimum Gasteiger partial charge on any atom is -0.493 e. The summed E-state index contributed by atoms with van der Waals surface area (Å²) in [5.41, 5.74) is 0.876. The number of nitrogens with one attached hydrogen (secondary N) is 1. The van der Waals surface area contributed by atoms with E-state index in [4.69, 9.17) is 14.7 Å². The standard InChI is InChI=1S/C14H18N2O2/c1-17-14-11(7-8-15)4-2-6-13(14)18-12-5-3-9-16-10-12/h2,4,6,12,16H,3,5,7,9-10H2,1H3. The third-order valence-electron chi connectivity index (χ3n) is 3.08. The van der Waals surface area contributed by atoms with Crippen molar-refractivity contribution in [1.29, 1.82) is 5.26 Å². The number of ether oxygens (including phenoxy) is 2. The Labute approximate surface area is 108 Å². The fraction of sp³-hybridized carbons (Fsp3) is 0.500. The summed E-state index contributed by atoms with van der Waals surface area (Å²) in [6.07, 6.45) is 2.71. The van der Waals surface area contributed by atoms with Crippen LogP contribution in [0.15, 0.2) is 18.2 Å². The molecular formula is C14H18N2O2. The average Bonchev–Trinajstić information content (AvgIpc) is 2.41. The van der Waals surface area contributed by atoms with Crippen LogP contribution in [-0.2, 0) is 6.42 Å². The van der Waals surface area contributed by atoms with Gasteiger partial charge in [0, 0.05) is 12.1 Å². The van der Waals surface area contributed by atoms with E-state index in [1.807, 2.05) is 18.2 Å². The second-order valence-electron chi connectivity index (χ2n) is 4.37. The molecule has 0 bridgehead atoms. The van der Waals surface area contributed by atoms with Crippen molar-refractivity contribution in [3.05, 3.63) is 23.8 Å². The highest BCUT2D eigenvalue weighted by Crippen LogP contribution is 2.32. The van der Waals surface area contributed by atoms with Crippen LogP contribution in [0.1, 0.15) is 18.4 Å². The first-order chi connectivity index (χ1) is 8.85. The van der Waals surface area contributed by atoms with Crippen molar-refractivity contribution in [2.45, 2.75) is 25.4 Å². The van der Waals surface area contributed by atoms with Crippen LogP contribution < -0.4 is 14.8 Å². The number of rotatable bonds is 4. The van der Waals surface area contributed by atoms with E-state index in [1.54, 1.807) is 7.11 Å². The van der Waals surface area contributed by atoms with Crippen LogP contribution in [-0.4, -0.2) is 26.3 Å². The predicted molar refractivity (Wildman–Crippen MR) is 68.8 cm³/mol. The highest BCUT2D eigenvalue weighted by atomic mass is 16.5. The van der Waals surface area contributed by atoms with Crippen molar-refractivity contribution in [2.24, 2.45) is 0 Å². The summed E-state index contributed by atoms with van der Waals surface area (Å²) in [5.74, 6) is 1.42. The van der Waals surface area contributed by atoms with Gasteiger partial charge in [0.2, 0.25) is 0 Å². The predicted octanol–water partition coefficient (Wildman–Crippen LogP) is 1.89. The molecule has 0 aromatic heterocycles. The quantitative estimate of drug-likeness (QED) is 0.881. The third kappa shape index (κ3) is 2.93. The molecule has 0 amide bonds. The van der Waals surface area contributed by atoms with Crippen LogP contribution in [0, 0.1) is 11.3 Å². The largest absolute Gasteiger partial charge is 0.493 e. The molecule has 4 heteroatoms. The first-order valence-corrected chi connectivity index (χ1v) is 6.25. The van der Waals surface area contributed by atoms with Gasteiger partial charge in [0.1, 0.15) is 6.10 Å². The van der Waals surface area contributed by atoms with Gasteiger partial charge in [-0.15, -0.1) is 0 Å². The van der Waals surface area contributed by atoms with E-state index < -0.39 is 0 Å². The van der Waals surface area contributed by atoms with Crippen molar-refractivity contribution in [1.82, 2.24) is 5.32 Å². The number of hydrogen-bond donors (Lipinski definition) is 1. The highest BCUT2D eigenvalue weighted by Gasteiger charge is 2.17. The van der Waals surface area contributed by atoms with Gasteiger partial charge >= 0.3 is 0 Å². The monoisotopic (exact) mass is 246 g/mol. The number of hydrogen-bond acceptors (Lipinski definition) is 4. The molecule has 1 fully saturated rings. The van der Waals surface area contributed by atoms with Crippen molar-refractivity contribution in [3.8, 4) is 17.6 Å². The van der Waals surface area contributed by atoms with E-state index in [1.165, 1.54) is 0 Å². The van der Waals surface area contributed by atoms with Crippen molar-refractivity contribution >= 4 is 0 Å². The Hall–Kier alpha value is -1.73. The molecule has 1 aromatic carbocycles. The van der Waals surface area contributed by atoms with E-state index in [9.17, 15) is 0 Å². The summed E-state index contributed by atoms with van der Waals surface area (Å²) < 4.78 is 11.3. The molecule has 1 aliphatic rings. The lowest BCUT2D eigenvalue weighted by atomic mass is 10.1. The number of para-hydroxylation sites is 1. The molecule has 18 heavy (non-hydrogen) atoms. The number of nitrogens with zero attached hydrogens (tertiary/aromatic N) is 1. The molecule has 4 nitrogen and oxygen atoms in total. The molecule has 1 atom stereocenters. The van der Waals surface area contributed by atoms with Crippen LogP contribution in [0.5, 0.6) is 11.5 Å². The fourth-order valence-corrected chi connectivity index (χ4v) is 2.21. The summed E-state index contributed by atoms with van der Waals surface area (Å²) in [6, 6.07) is 7.84. The van der Waals surface area contributed by atoms with Crippen molar-refractivity contribution < 1.29 is 9.47 Å². The van der Waals surface area contributed by atoms with Gasteiger partial charge in [0.15, 0.2) is 11.5 Å². The molecule has 1 heterocycles. The third-order valence-corrected chi connectivity index (χ3v) is 3.08. The number of piperidine rings is 1. The van der Waals surface area contributed by atoms with Crippen LogP contribution in [0.3, 0.4) is 0 Å². The second-order valence-corrected chi connectivity index (χ2v) is 4.37. The number of benzene rings is 1. The maximum Gasteiger partial charge on any atom is 0.164 e. The lowest BCUT2D eigenvalue weighted by Crippen LogP contribution is -2.37. The second kappa shape index (κ2) is 6.27. The Morgan fingerprint density at radius 3 is 3.06 bits per heavy atom. The zero-order chi connectivity index (χ0) is 12.8. The Bertz CT molecular complexity index is 434. The van der Waals surface area contributed by atoms with Crippen molar-refractivity contribution in [3.63, 3.8) is 0 Å². The minimum absolute atomic E-state index is 0.185. The zero-order valence-corrected chi connectivity index (χ0v) is 10.6. The number of nitriles is 1. The van der Waals surface area contributed by atoms with Gasteiger partial charge in [-0.3, -0.25) is 0 Å². The number of methoxy groups -OCH3 is 1. The van der Waals surface area contributed by atoms with Gasteiger partial charge in [-0.05, 0) is 25.5 Å². The summed E-state index contributed by atoms with van der Waals surface area (Å²) >= 11 is 0. The van der Waals surface area contributed by atoms with Gasteiger partial charge in [-0.1, -0.05) is 12.1 Å². The van der Waals surface area contributed by atoms with E-state index in [-0.39, 0.29) is 6.10 Å². The molecule has 1 aliphatic heterocycles. The van der Waals surface area contributed by atoms with E-state index in [0.29, 0.717) is 12.2 Å². The summed E-state index contributed by atoms with van der Waals surface area (Å²) in [7, 11) is 1.61. The fourth-order valence-electron chi connectivity index (χ4n) is 2.21. The molecule has 0 radical (unpaired) electrons. The summed E-state index contributed by atoms with van der Waals surface area (Å²) in [6.45, 7) is 1.93. The van der Waals surface area contributed by atoms with Crippen LogP contribution in [0.25, 0.3) is 0 Å². The molecule has 1 N–H and O–H groups in total. The maximum atomic E-state index is 8.80. The molecule has 96 valence electrons. The Morgan fingerprint density at radius 2 is 2.39 bits per heavy atom. The van der Waals surface area contributed by atoms with Gasteiger partial charge in [-0.2, -0.15) is 5.26 Å². The lowest BCUT2D eigenvalue weighted by molar-refractivity contribution is 0.161. The van der Waals surface area contributed by atoms with E-state index >= 15 is 0 Å². The first-order valence-electron chi connectivity index (χ1n) is 6.25. The van der Waals surface area contributed by atoms with E-state index in [2.05, 4.69) is 11.4 Å². The zero-order valence-electron chi connectivity index (χ0n) is 10.6. The Morgan fingerprint density at radius 1 is 1.50 bits per heavy atom. The lowest BCUT2D eigenvalue weighted by Gasteiger charge is -2.25. The molecule has 1 saturated heterocycles. The molecule has 1 unspecified atom stereocenters. The van der Waals surface area contributed by atoms with Gasteiger partial charge in [0.25, 0.3) is 0 Å². The molecular weight excluding hydrogens is 228 g/mol. The molecule has 1 aromatic rings. The highest BCUT2D eigenvalue weighted by molar-refractivity contribution is 5.47. The SMILES string of the molecule is COc1c(CC#N)cccc1OC1CCCNC1. The first kappa shape index (κ1) is 12.7. The summed E-state index contributed by atoms with van der Waals surface area (Å²) in [5, 5.41) is 12.1. The van der Waals surface area contributed by atoms with Crippen LogP contribution in [0.4, 0.5) is 0 Å². The maximum absolute atomic E-state index is 8.80. The van der Waals surface area contributed by atoms with Crippen LogP contribution >= 0.6 is 0 Å². The van der Waals surface area contributed by atoms with Gasteiger partial charge < -0.3 is 14.8 Å². The van der Waals surface area contributed by atoms with Crippen LogP contribution in [0.2, 0.25) is 0 Å².